The van der Waals surface area contributed by atoms with Crippen LogP contribution in [0.4, 0.5) is 5.82 Å². The second-order valence-electron chi connectivity index (χ2n) is 3.30. The van der Waals surface area contributed by atoms with Crippen LogP contribution in [0.5, 0.6) is 0 Å². The van der Waals surface area contributed by atoms with E-state index >= 15 is 0 Å². The molecule has 1 aromatic heterocycles. The number of anilines is 1. The smallest absolute Gasteiger partial charge is 0.127 e. The van der Waals surface area contributed by atoms with Crippen LogP contribution in [0.15, 0.2) is 6.07 Å². The van der Waals surface area contributed by atoms with E-state index in [9.17, 15) is 0 Å². The monoisotopic (exact) mass is 165 g/mol. The second kappa shape index (κ2) is 2.81. The summed E-state index contributed by atoms with van der Waals surface area (Å²) in [4.78, 5) is 2.38. The Morgan fingerprint density at radius 1 is 1.50 bits per heavy atom. The van der Waals surface area contributed by atoms with Gasteiger partial charge in [-0.05, 0) is 20.3 Å². The lowest BCUT2D eigenvalue weighted by atomic mass is 10.3. The fourth-order valence-electron chi connectivity index (χ4n) is 1.80. The van der Waals surface area contributed by atoms with Gasteiger partial charge >= 0.3 is 0 Å². The summed E-state index contributed by atoms with van der Waals surface area (Å²) in [6.45, 7) is 7.60. The third-order valence-corrected chi connectivity index (χ3v) is 2.38. The third kappa shape index (κ3) is 1.09. The van der Waals surface area contributed by atoms with E-state index in [2.05, 4.69) is 34.6 Å². The molecule has 0 fully saturated rings. The lowest BCUT2D eigenvalue weighted by Gasteiger charge is -2.27. The van der Waals surface area contributed by atoms with E-state index in [1.165, 1.54) is 18.8 Å². The molecule has 0 amide bonds. The van der Waals surface area contributed by atoms with Gasteiger partial charge in [0, 0.05) is 25.7 Å². The SMILES string of the molecule is CCN1CCCn2nc(C)cc21. The van der Waals surface area contributed by atoms with Crippen LogP contribution in [0.1, 0.15) is 19.0 Å². The lowest BCUT2D eigenvalue weighted by Crippen LogP contribution is -2.31. The molecule has 3 nitrogen and oxygen atoms in total. The van der Waals surface area contributed by atoms with Gasteiger partial charge < -0.3 is 4.90 Å². The van der Waals surface area contributed by atoms with Gasteiger partial charge in [0.25, 0.3) is 0 Å². The molecule has 0 radical (unpaired) electrons. The minimum absolute atomic E-state index is 1.08. The zero-order valence-electron chi connectivity index (χ0n) is 7.75. The molecule has 0 aliphatic carbocycles. The average Bonchev–Trinajstić information content (AvgIpc) is 2.44. The van der Waals surface area contributed by atoms with Gasteiger partial charge in [-0.1, -0.05) is 0 Å². The molecule has 1 aromatic rings. The summed E-state index contributed by atoms with van der Waals surface area (Å²) >= 11 is 0. The summed E-state index contributed by atoms with van der Waals surface area (Å²) in [5, 5.41) is 4.42. The van der Waals surface area contributed by atoms with Gasteiger partial charge in [0.1, 0.15) is 5.82 Å². The minimum Gasteiger partial charge on any atom is -0.357 e. The van der Waals surface area contributed by atoms with Gasteiger partial charge in [0.05, 0.1) is 5.69 Å². The van der Waals surface area contributed by atoms with E-state index in [4.69, 9.17) is 0 Å². The van der Waals surface area contributed by atoms with Gasteiger partial charge in [-0.15, -0.1) is 0 Å². The molecule has 0 N–H and O–H groups in total. The van der Waals surface area contributed by atoms with Crippen molar-refractivity contribution in [1.29, 1.82) is 0 Å². The van der Waals surface area contributed by atoms with Crippen LogP contribution in [-0.2, 0) is 6.54 Å². The van der Waals surface area contributed by atoms with E-state index < -0.39 is 0 Å². The first-order valence-corrected chi connectivity index (χ1v) is 4.60. The maximum Gasteiger partial charge on any atom is 0.127 e. The third-order valence-electron chi connectivity index (χ3n) is 2.38. The topological polar surface area (TPSA) is 21.1 Å². The summed E-state index contributed by atoms with van der Waals surface area (Å²) < 4.78 is 2.11. The molecule has 1 aliphatic heterocycles. The first-order valence-electron chi connectivity index (χ1n) is 4.60. The first-order chi connectivity index (χ1) is 5.81. The Balaban J connectivity index is 2.36. The van der Waals surface area contributed by atoms with E-state index in [1.807, 2.05) is 0 Å². The number of hydrogen-bond donors (Lipinski definition) is 0. The summed E-state index contributed by atoms with van der Waals surface area (Å²) in [5.74, 6) is 1.29. The minimum atomic E-state index is 1.08. The molecule has 0 atom stereocenters. The van der Waals surface area contributed by atoms with Crippen molar-refractivity contribution in [1.82, 2.24) is 9.78 Å². The highest BCUT2D eigenvalue weighted by Gasteiger charge is 2.16. The molecule has 0 unspecified atom stereocenters. The molecule has 66 valence electrons. The van der Waals surface area contributed by atoms with Gasteiger partial charge in [0.2, 0.25) is 0 Å². The summed E-state index contributed by atoms with van der Waals surface area (Å²) in [7, 11) is 0. The summed E-state index contributed by atoms with van der Waals surface area (Å²) in [5.41, 5.74) is 1.13. The van der Waals surface area contributed by atoms with Crippen LogP contribution in [-0.4, -0.2) is 22.9 Å². The Labute approximate surface area is 73.0 Å². The standard InChI is InChI=1S/C9H15N3/c1-3-11-5-4-6-12-9(11)7-8(2)10-12/h7H,3-6H2,1-2H3. The van der Waals surface area contributed by atoms with Crippen molar-refractivity contribution in [3.05, 3.63) is 11.8 Å². The number of hydrogen-bond acceptors (Lipinski definition) is 2. The molecule has 2 heterocycles. The van der Waals surface area contributed by atoms with Crippen molar-refractivity contribution >= 4 is 5.82 Å². The molecule has 1 aliphatic rings. The van der Waals surface area contributed by atoms with Crippen LogP contribution >= 0.6 is 0 Å². The Morgan fingerprint density at radius 3 is 3.08 bits per heavy atom. The number of rotatable bonds is 1. The number of aryl methyl sites for hydroxylation is 2. The average molecular weight is 165 g/mol. The lowest BCUT2D eigenvalue weighted by molar-refractivity contribution is 0.520. The Hall–Kier alpha value is -0.990. The van der Waals surface area contributed by atoms with Crippen molar-refractivity contribution < 1.29 is 0 Å². The highest BCUT2D eigenvalue weighted by atomic mass is 15.4. The highest BCUT2D eigenvalue weighted by molar-refractivity contribution is 5.41. The molecule has 12 heavy (non-hydrogen) atoms. The quantitative estimate of drug-likeness (QED) is 0.627. The summed E-state index contributed by atoms with van der Waals surface area (Å²) in [6.07, 6.45) is 1.22. The molecule has 0 saturated heterocycles. The van der Waals surface area contributed by atoms with Crippen molar-refractivity contribution in [2.45, 2.75) is 26.8 Å². The molecule has 2 rings (SSSR count). The molecular weight excluding hydrogens is 150 g/mol. The molecule has 0 aromatic carbocycles. The van der Waals surface area contributed by atoms with Gasteiger partial charge in [-0.25, -0.2) is 4.68 Å². The van der Waals surface area contributed by atoms with Gasteiger partial charge in [0.15, 0.2) is 0 Å². The van der Waals surface area contributed by atoms with Crippen molar-refractivity contribution in [3.63, 3.8) is 0 Å². The number of nitrogens with zero attached hydrogens (tertiary/aromatic N) is 3. The maximum absolute atomic E-state index is 4.42. The van der Waals surface area contributed by atoms with Crippen LogP contribution in [0, 0.1) is 6.92 Å². The van der Waals surface area contributed by atoms with E-state index in [1.54, 1.807) is 0 Å². The highest BCUT2D eigenvalue weighted by Crippen LogP contribution is 2.20. The Bertz CT molecular complexity index is 277. The normalized spacial score (nSPS) is 16.3. The number of aromatic nitrogens is 2. The van der Waals surface area contributed by atoms with Gasteiger partial charge in [-0.3, -0.25) is 0 Å². The first kappa shape index (κ1) is 7.65. The second-order valence-corrected chi connectivity index (χ2v) is 3.30. The fraction of sp³-hybridized carbons (Fsp3) is 0.667. The van der Waals surface area contributed by atoms with E-state index in [0.29, 0.717) is 0 Å². The number of fused-ring (bicyclic) bond motifs is 1. The maximum atomic E-state index is 4.42. The fourth-order valence-corrected chi connectivity index (χ4v) is 1.80. The molecular formula is C9H15N3. The van der Waals surface area contributed by atoms with E-state index in [-0.39, 0.29) is 0 Å². The van der Waals surface area contributed by atoms with E-state index in [0.717, 1.165) is 18.8 Å². The van der Waals surface area contributed by atoms with Crippen LogP contribution < -0.4 is 4.90 Å². The molecule has 3 heteroatoms. The van der Waals surface area contributed by atoms with Crippen LogP contribution in [0.3, 0.4) is 0 Å². The molecule has 0 bridgehead atoms. The van der Waals surface area contributed by atoms with Crippen molar-refractivity contribution in [3.8, 4) is 0 Å². The van der Waals surface area contributed by atoms with Crippen molar-refractivity contribution in [2.24, 2.45) is 0 Å². The zero-order chi connectivity index (χ0) is 8.55. The predicted octanol–water partition coefficient (Wildman–Crippen LogP) is 1.42. The molecule has 0 saturated carbocycles. The van der Waals surface area contributed by atoms with Crippen LogP contribution in [0.25, 0.3) is 0 Å². The zero-order valence-corrected chi connectivity index (χ0v) is 7.75. The van der Waals surface area contributed by atoms with Crippen LogP contribution in [0.2, 0.25) is 0 Å². The van der Waals surface area contributed by atoms with Gasteiger partial charge in [-0.2, -0.15) is 5.10 Å². The van der Waals surface area contributed by atoms with Crippen molar-refractivity contribution in [2.75, 3.05) is 18.0 Å². The Morgan fingerprint density at radius 2 is 2.33 bits per heavy atom. The predicted molar refractivity (Wildman–Crippen MR) is 49.5 cm³/mol. The largest absolute Gasteiger partial charge is 0.357 e. The molecule has 0 spiro atoms. The Kier molecular flexibility index (Phi) is 1.79. The summed E-state index contributed by atoms with van der Waals surface area (Å²) in [6, 6.07) is 2.17.